The number of rotatable bonds is 4. The molecule has 0 fully saturated rings. The summed E-state index contributed by atoms with van der Waals surface area (Å²) < 4.78 is 0. The number of anilines is 1. The number of hydrogen-bond donors (Lipinski definition) is 0. The van der Waals surface area contributed by atoms with Crippen molar-refractivity contribution < 1.29 is 4.79 Å². The Morgan fingerprint density at radius 2 is 1.50 bits per heavy atom. The Kier molecular flexibility index (Phi) is 5.15. The van der Waals surface area contributed by atoms with Crippen LogP contribution >= 0.6 is 0 Å². The number of allylic oxidation sites excluding steroid dienone is 1. The monoisotopic (exact) mass is 292 g/mol. The van der Waals surface area contributed by atoms with Crippen molar-refractivity contribution in [3.63, 3.8) is 0 Å². The molecule has 0 N–H and O–H groups in total. The molecular formula is C19H20N2O. The maximum atomic E-state index is 12.5. The van der Waals surface area contributed by atoms with E-state index in [9.17, 15) is 4.79 Å². The van der Waals surface area contributed by atoms with Crippen LogP contribution in [0.2, 0.25) is 0 Å². The van der Waals surface area contributed by atoms with Gasteiger partial charge in [-0.1, -0.05) is 61.2 Å². The fourth-order valence-corrected chi connectivity index (χ4v) is 1.98. The van der Waals surface area contributed by atoms with Gasteiger partial charge < -0.3 is 0 Å². The molecule has 112 valence electrons. The lowest BCUT2D eigenvalue weighted by Crippen LogP contribution is -2.37. The zero-order valence-electron chi connectivity index (χ0n) is 12.9. The van der Waals surface area contributed by atoms with Crippen molar-refractivity contribution in [2.45, 2.75) is 0 Å². The van der Waals surface area contributed by atoms with Crippen molar-refractivity contribution in [2.24, 2.45) is 0 Å². The van der Waals surface area contributed by atoms with E-state index in [-0.39, 0.29) is 6.03 Å². The van der Waals surface area contributed by atoms with Crippen LogP contribution in [0.25, 0.3) is 6.08 Å². The van der Waals surface area contributed by atoms with E-state index in [0.717, 1.165) is 11.3 Å². The second-order valence-electron chi connectivity index (χ2n) is 4.97. The van der Waals surface area contributed by atoms with Gasteiger partial charge >= 0.3 is 6.03 Å². The molecule has 0 saturated heterocycles. The number of nitrogens with zero attached hydrogens (tertiary/aromatic N) is 2. The maximum Gasteiger partial charge on any atom is 0.328 e. The van der Waals surface area contributed by atoms with Crippen LogP contribution in [0.15, 0.2) is 79.0 Å². The van der Waals surface area contributed by atoms with Gasteiger partial charge in [0.05, 0.1) is 0 Å². The van der Waals surface area contributed by atoms with Crippen LogP contribution in [0.1, 0.15) is 5.56 Å². The number of para-hydroxylation sites is 1. The number of amides is 2. The van der Waals surface area contributed by atoms with Gasteiger partial charge in [0.25, 0.3) is 0 Å². The average molecular weight is 292 g/mol. The minimum atomic E-state index is -0.131. The third-order valence-corrected chi connectivity index (χ3v) is 3.42. The van der Waals surface area contributed by atoms with E-state index in [1.54, 1.807) is 19.0 Å². The van der Waals surface area contributed by atoms with Crippen LogP contribution in [0.4, 0.5) is 10.5 Å². The summed E-state index contributed by atoms with van der Waals surface area (Å²) in [6.07, 6.45) is 3.78. The van der Waals surface area contributed by atoms with Gasteiger partial charge in [-0.05, 0) is 23.8 Å². The molecule has 2 aromatic rings. The summed E-state index contributed by atoms with van der Waals surface area (Å²) in [7, 11) is 3.47. The summed E-state index contributed by atoms with van der Waals surface area (Å²) in [6, 6.07) is 19.3. The van der Waals surface area contributed by atoms with Gasteiger partial charge in [-0.15, -0.1) is 0 Å². The van der Waals surface area contributed by atoms with Crippen molar-refractivity contribution >= 4 is 17.8 Å². The van der Waals surface area contributed by atoms with Crippen LogP contribution in [-0.4, -0.2) is 25.0 Å². The first kappa shape index (κ1) is 15.6. The molecule has 0 aliphatic carbocycles. The molecule has 0 aliphatic heterocycles. The molecule has 2 amide bonds. The first-order valence-corrected chi connectivity index (χ1v) is 7.08. The Balaban J connectivity index is 2.04. The summed E-state index contributed by atoms with van der Waals surface area (Å²) in [4.78, 5) is 15.6. The van der Waals surface area contributed by atoms with E-state index in [2.05, 4.69) is 6.58 Å². The van der Waals surface area contributed by atoms with Crippen LogP contribution in [0.3, 0.4) is 0 Å². The molecule has 0 radical (unpaired) electrons. The SMILES string of the molecule is C=C(/C=C/c1ccccc1)N(C)C(=O)N(C)c1ccccc1. The molecule has 3 nitrogen and oxygen atoms in total. The second-order valence-corrected chi connectivity index (χ2v) is 4.97. The molecule has 0 atom stereocenters. The van der Waals surface area contributed by atoms with Crippen molar-refractivity contribution in [1.29, 1.82) is 0 Å². The lowest BCUT2D eigenvalue weighted by molar-refractivity contribution is 0.228. The van der Waals surface area contributed by atoms with Crippen molar-refractivity contribution in [2.75, 3.05) is 19.0 Å². The zero-order valence-corrected chi connectivity index (χ0v) is 12.9. The van der Waals surface area contributed by atoms with Crippen LogP contribution in [0.5, 0.6) is 0 Å². The van der Waals surface area contributed by atoms with Crippen LogP contribution in [0, 0.1) is 0 Å². The third-order valence-electron chi connectivity index (χ3n) is 3.42. The number of carbonyl (C=O) groups is 1. The largest absolute Gasteiger partial charge is 0.328 e. The number of carbonyl (C=O) groups excluding carboxylic acids is 1. The first-order valence-electron chi connectivity index (χ1n) is 7.08. The molecule has 3 heteroatoms. The summed E-state index contributed by atoms with van der Waals surface area (Å²) in [5, 5.41) is 0. The summed E-state index contributed by atoms with van der Waals surface area (Å²) in [6.45, 7) is 3.96. The number of urea groups is 1. The molecule has 0 saturated carbocycles. The third kappa shape index (κ3) is 3.85. The van der Waals surface area contributed by atoms with Gasteiger partial charge in [0.1, 0.15) is 0 Å². The van der Waals surface area contributed by atoms with E-state index in [4.69, 9.17) is 0 Å². The summed E-state index contributed by atoms with van der Waals surface area (Å²) >= 11 is 0. The molecule has 2 rings (SSSR count). The van der Waals surface area contributed by atoms with E-state index < -0.39 is 0 Å². The van der Waals surface area contributed by atoms with Crippen molar-refractivity contribution in [3.05, 3.63) is 84.6 Å². The standard InChI is InChI=1S/C19H20N2O/c1-16(14-15-17-10-6-4-7-11-17)20(2)19(22)21(3)18-12-8-5-9-13-18/h4-15H,1H2,2-3H3/b15-14+. The van der Waals surface area contributed by atoms with E-state index in [1.165, 1.54) is 4.90 Å². The summed E-state index contributed by atoms with van der Waals surface area (Å²) in [5.74, 6) is 0. The highest BCUT2D eigenvalue weighted by Gasteiger charge is 2.16. The smallest absolute Gasteiger partial charge is 0.298 e. The number of hydrogen-bond acceptors (Lipinski definition) is 1. The molecule has 0 aliphatic rings. The van der Waals surface area contributed by atoms with E-state index >= 15 is 0 Å². The topological polar surface area (TPSA) is 23.6 Å². The Hall–Kier alpha value is -2.81. The zero-order chi connectivity index (χ0) is 15.9. The quantitative estimate of drug-likeness (QED) is 0.766. The molecule has 0 spiro atoms. The number of likely N-dealkylation sites (N-methyl/N-ethyl adjacent to an activating group) is 1. The minimum Gasteiger partial charge on any atom is -0.298 e. The highest BCUT2D eigenvalue weighted by molar-refractivity contribution is 5.92. The van der Waals surface area contributed by atoms with Crippen LogP contribution < -0.4 is 4.90 Å². The molecule has 0 bridgehead atoms. The average Bonchev–Trinajstić information content (AvgIpc) is 2.59. The molecule has 0 unspecified atom stereocenters. The predicted molar refractivity (Wildman–Crippen MR) is 92.6 cm³/mol. The van der Waals surface area contributed by atoms with Gasteiger partial charge in [-0.2, -0.15) is 0 Å². The first-order chi connectivity index (χ1) is 10.6. The Labute approximate surface area is 131 Å². The van der Waals surface area contributed by atoms with E-state index in [0.29, 0.717) is 5.70 Å². The molecule has 0 aromatic heterocycles. The molecule has 0 heterocycles. The highest BCUT2D eigenvalue weighted by atomic mass is 16.2. The van der Waals surface area contributed by atoms with E-state index in [1.807, 2.05) is 72.8 Å². The van der Waals surface area contributed by atoms with Gasteiger partial charge in [-0.25, -0.2) is 4.79 Å². The second kappa shape index (κ2) is 7.27. The number of benzene rings is 2. The minimum absolute atomic E-state index is 0.131. The Morgan fingerprint density at radius 3 is 2.09 bits per heavy atom. The van der Waals surface area contributed by atoms with Crippen LogP contribution in [-0.2, 0) is 0 Å². The Morgan fingerprint density at radius 1 is 0.955 bits per heavy atom. The fraction of sp³-hybridized carbons (Fsp3) is 0.105. The lowest BCUT2D eigenvalue weighted by atomic mass is 10.2. The summed E-state index contributed by atoms with van der Waals surface area (Å²) in [5.41, 5.74) is 2.55. The van der Waals surface area contributed by atoms with Gasteiger partial charge in [0, 0.05) is 25.5 Å². The highest BCUT2D eigenvalue weighted by Crippen LogP contribution is 2.15. The molecule has 2 aromatic carbocycles. The van der Waals surface area contributed by atoms with Gasteiger partial charge in [-0.3, -0.25) is 9.80 Å². The van der Waals surface area contributed by atoms with Crippen molar-refractivity contribution in [1.82, 2.24) is 4.90 Å². The van der Waals surface area contributed by atoms with Gasteiger partial charge in [0.2, 0.25) is 0 Å². The Bertz CT molecular complexity index is 662. The predicted octanol–water partition coefficient (Wildman–Crippen LogP) is 4.40. The maximum absolute atomic E-state index is 12.5. The fourth-order valence-electron chi connectivity index (χ4n) is 1.98. The normalized spacial score (nSPS) is 10.5. The van der Waals surface area contributed by atoms with Crippen molar-refractivity contribution in [3.8, 4) is 0 Å². The molecule has 22 heavy (non-hydrogen) atoms. The lowest BCUT2D eigenvalue weighted by Gasteiger charge is -2.25. The molecular weight excluding hydrogens is 272 g/mol. The van der Waals surface area contributed by atoms with Gasteiger partial charge in [0.15, 0.2) is 0 Å².